The van der Waals surface area contributed by atoms with Gasteiger partial charge in [0, 0.05) is 12.7 Å². The number of nitroso groups, excluding NO2 is 1. The van der Waals surface area contributed by atoms with Gasteiger partial charge in [-0.2, -0.15) is 4.91 Å². The number of hydrogen-bond acceptors (Lipinski definition) is 5. The minimum Gasteiger partial charge on any atom is -0.443 e. The Morgan fingerprint density at radius 2 is 2.26 bits per heavy atom. The molecule has 0 bridgehead atoms. The van der Waals surface area contributed by atoms with Gasteiger partial charge in [0.25, 0.3) is 0 Å². The molecule has 1 aromatic heterocycles. The Kier molecular flexibility index (Phi) is 3.50. The van der Waals surface area contributed by atoms with E-state index in [4.69, 9.17) is 4.74 Å². The van der Waals surface area contributed by atoms with Crippen LogP contribution in [0.4, 0.5) is 10.5 Å². The molecular weight excluding hydrogens is 246 g/mol. The van der Waals surface area contributed by atoms with Crippen LogP contribution in [0, 0.1) is 4.91 Å². The van der Waals surface area contributed by atoms with Gasteiger partial charge in [-0.15, -0.1) is 0 Å². The van der Waals surface area contributed by atoms with E-state index < -0.39 is 5.60 Å². The molecule has 0 saturated carbocycles. The van der Waals surface area contributed by atoms with Gasteiger partial charge in [-0.1, -0.05) is 5.18 Å². The molecule has 0 aromatic carbocycles. The third kappa shape index (κ3) is 3.07. The Bertz CT molecular complexity index is 508. The molecule has 0 spiro atoms. The van der Waals surface area contributed by atoms with Crippen LogP contribution in [-0.4, -0.2) is 23.2 Å². The maximum Gasteiger partial charge on any atom is 0.414 e. The van der Waals surface area contributed by atoms with Gasteiger partial charge in [0.2, 0.25) is 0 Å². The zero-order chi connectivity index (χ0) is 14.0. The van der Waals surface area contributed by atoms with Crippen molar-refractivity contribution in [1.29, 1.82) is 0 Å². The number of ether oxygens (including phenoxy) is 1. The first-order chi connectivity index (χ1) is 8.90. The van der Waals surface area contributed by atoms with E-state index in [0.29, 0.717) is 12.2 Å². The van der Waals surface area contributed by atoms with Crippen LogP contribution in [0.3, 0.4) is 0 Å². The van der Waals surface area contributed by atoms with Gasteiger partial charge in [0.05, 0.1) is 11.4 Å². The Labute approximate surface area is 111 Å². The monoisotopic (exact) mass is 263 g/mol. The van der Waals surface area contributed by atoms with E-state index in [1.54, 1.807) is 17.2 Å². The molecule has 0 unspecified atom stereocenters. The highest BCUT2D eigenvalue weighted by Gasteiger charge is 2.29. The Balaban J connectivity index is 2.22. The summed E-state index contributed by atoms with van der Waals surface area (Å²) in [6.07, 6.45) is 2.07. The lowest BCUT2D eigenvalue weighted by atomic mass is 10.2. The highest BCUT2D eigenvalue weighted by Crippen LogP contribution is 2.29. The highest BCUT2D eigenvalue weighted by molar-refractivity contribution is 5.90. The SMILES string of the molecule is CC(C)(C)OC(=O)N1CCc2cnc(CN=O)cc21. The number of rotatable bonds is 2. The molecule has 19 heavy (non-hydrogen) atoms. The number of fused-ring (bicyclic) bond motifs is 1. The van der Waals surface area contributed by atoms with Crippen molar-refractivity contribution in [2.24, 2.45) is 5.18 Å². The number of pyridine rings is 1. The maximum atomic E-state index is 12.1. The number of carbonyl (C=O) groups excluding carboxylic acids is 1. The molecule has 6 heteroatoms. The van der Waals surface area contributed by atoms with Crippen LogP contribution in [0.2, 0.25) is 0 Å². The third-order valence-corrected chi connectivity index (χ3v) is 2.75. The van der Waals surface area contributed by atoms with Gasteiger partial charge >= 0.3 is 6.09 Å². The van der Waals surface area contributed by atoms with Crippen LogP contribution in [0.1, 0.15) is 32.0 Å². The van der Waals surface area contributed by atoms with Crippen molar-refractivity contribution in [1.82, 2.24) is 4.98 Å². The quantitative estimate of drug-likeness (QED) is 0.769. The number of carbonyl (C=O) groups is 1. The van der Waals surface area contributed by atoms with E-state index in [1.807, 2.05) is 20.8 Å². The van der Waals surface area contributed by atoms with E-state index >= 15 is 0 Å². The Morgan fingerprint density at radius 3 is 2.89 bits per heavy atom. The van der Waals surface area contributed by atoms with Crippen molar-refractivity contribution in [3.63, 3.8) is 0 Å². The fourth-order valence-electron chi connectivity index (χ4n) is 1.97. The van der Waals surface area contributed by atoms with E-state index in [9.17, 15) is 9.70 Å². The zero-order valence-electron chi connectivity index (χ0n) is 11.3. The average molecular weight is 263 g/mol. The lowest BCUT2D eigenvalue weighted by molar-refractivity contribution is 0.0584. The highest BCUT2D eigenvalue weighted by atomic mass is 16.6. The van der Waals surface area contributed by atoms with E-state index in [-0.39, 0.29) is 12.6 Å². The predicted molar refractivity (Wildman–Crippen MR) is 71.0 cm³/mol. The van der Waals surface area contributed by atoms with Crippen molar-refractivity contribution in [3.05, 3.63) is 28.4 Å². The van der Waals surface area contributed by atoms with Gasteiger partial charge in [-0.3, -0.25) is 9.88 Å². The van der Waals surface area contributed by atoms with E-state index in [1.165, 1.54) is 0 Å². The van der Waals surface area contributed by atoms with Gasteiger partial charge in [-0.05, 0) is 38.8 Å². The molecule has 0 fully saturated rings. The summed E-state index contributed by atoms with van der Waals surface area (Å²) in [6.45, 7) is 6.07. The molecule has 0 N–H and O–H groups in total. The smallest absolute Gasteiger partial charge is 0.414 e. The number of amides is 1. The molecule has 0 radical (unpaired) electrons. The number of aromatic nitrogens is 1. The first-order valence-electron chi connectivity index (χ1n) is 6.18. The van der Waals surface area contributed by atoms with Crippen molar-refractivity contribution < 1.29 is 9.53 Å². The number of hydrogen-bond donors (Lipinski definition) is 0. The van der Waals surface area contributed by atoms with Crippen LogP contribution < -0.4 is 4.90 Å². The minimum atomic E-state index is -0.528. The first-order valence-corrected chi connectivity index (χ1v) is 6.18. The van der Waals surface area contributed by atoms with E-state index in [2.05, 4.69) is 10.2 Å². The van der Waals surface area contributed by atoms with Gasteiger partial charge in [-0.25, -0.2) is 4.79 Å². The summed E-state index contributed by atoms with van der Waals surface area (Å²) < 4.78 is 5.36. The molecule has 0 aliphatic carbocycles. The summed E-state index contributed by atoms with van der Waals surface area (Å²) in [7, 11) is 0. The standard InChI is InChI=1S/C13H17N3O3/c1-13(2,3)19-12(17)16-5-4-9-7-14-10(8-15-18)6-11(9)16/h6-7H,4-5,8H2,1-3H3. The van der Waals surface area contributed by atoms with Crippen LogP contribution in [0.25, 0.3) is 0 Å². The van der Waals surface area contributed by atoms with Gasteiger partial charge in [0.1, 0.15) is 12.1 Å². The van der Waals surface area contributed by atoms with Crippen molar-refractivity contribution in [2.75, 3.05) is 11.4 Å². The largest absolute Gasteiger partial charge is 0.443 e. The molecule has 0 atom stereocenters. The molecule has 2 rings (SSSR count). The number of anilines is 1. The predicted octanol–water partition coefficient (Wildman–Crippen LogP) is 2.65. The molecular formula is C13H17N3O3. The Morgan fingerprint density at radius 1 is 1.53 bits per heavy atom. The minimum absolute atomic E-state index is 0.00936. The summed E-state index contributed by atoms with van der Waals surface area (Å²) in [5.41, 5.74) is 1.78. The number of nitrogens with zero attached hydrogens (tertiary/aromatic N) is 3. The molecule has 1 aromatic rings. The molecule has 1 amide bonds. The zero-order valence-corrected chi connectivity index (χ0v) is 11.3. The summed E-state index contributed by atoms with van der Waals surface area (Å²) >= 11 is 0. The lowest BCUT2D eigenvalue weighted by Crippen LogP contribution is -2.35. The fourth-order valence-corrected chi connectivity index (χ4v) is 1.97. The van der Waals surface area contributed by atoms with Crippen LogP contribution in [0.5, 0.6) is 0 Å². The molecule has 6 nitrogen and oxygen atoms in total. The summed E-state index contributed by atoms with van der Waals surface area (Å²) in [5, 5.41) is 2.81. The van der Waals surface area contributed by atoms with Gasteiger partial charge < -0.3 is 4.74 Å². The second kappa shape index (κ2) is 4.95. The van der Waals surface area contributed by atoms with Crippen molar-refractivity contribution in [2.45, 2.75) is 39.3 Å². The molecule has 102 valence electrons. The van der Waals surface area contributed by atoms with Crippen LogP contribution in [-0.2, 0) is 17.7 Å². The summed E-state index contributed by atoms with van der Waals surface area (Å²) in [6, 6.07) is 1.73. The van der Waals surface area contributed by atoms with Crippen molar-refractivity contribution in [3.8, 4) is 0 Å². The third-order valence-electron chi connectivity index (χ3n) is 2.75. The summed E-state index contributed by atoms with van der Waals surface area (Å²) in [5.74, 6) is 0. The first kappa shape index (κ1) is 13.5. The second-order valence-corrected chi connectivity index (χ2v) is 5.47. The topological polar surface area (TPSA) is 71.9 Å². The second-order valence-electron chi connectivity index (χ2n) is 5.47. The van der Waals surface area contributed by atoms with Gasteiger partial charge in [0.15, 0.2) is 0 Å². The fraction of sp³-hybridized carbons (Fsp3) is 0.538. The van der Waals surface area contributed by atoms with Crippen LogP contribution in [0.15, 0.2) is 17.4 Å². The molecule has 1 aliphatic rings. The average Bonchev–Trinajstić information content (AvgIpc) is 2.70. The Hall–Kier alpha value is -1.98. The summed E-state index contributed by atoms with van der Waals surface area (Å²) in [4.78, 5) is 28.1. The van der Waals surface area contributed by atoms with E-state index in [0.717, 1.165) is 17.7 Å². The molecule has 0 saturated heterocycles. The molecule has 2 heterocycles. The lowest BCUT2D eigenvalue weighted by Gasteiger charge is -2.24. The molecule has 1 aliphatic heterocycles. The van der Waals surface area contributed by atoms with Crippen molar-refractivity contribution >= 4 is 11.8 Å². The maximum absolute atomic E-state index is 12.1. The normalized spacial score (nSPS) is 14.2. The van der Waals surface area contributed by atoms with Crippen LogP contribution >= 0.6 is 0 Å².